The van der Waals surface area contributed by atoms with Crippen LogP contribution in [0, 0.1) is 19.8 Å². The van der Waals surface area contributed by atoms with Crippen LogP contribution in [0.3, 0.4) is 0 Å². The van der Waals surface area contributed by atoms with Crippen molar-refractivity contribution >= 4 is 11.7 Å². The molecule has 3 rings (SSSR count). The molecule has 0 aliphatic heterocycles. The first-order chi connectivity index (χ1) is 12.0. The maximum absolute atomic E-state index is 12.1. The molecule has 0 bridgehead atoms. The Hall–Kier alpha value is -2.67. The molecule has 1 aromatic heterocycles. The van der Waals surface area contributed by atoms with E-state index in [2.05, 4.69) is 20.7 Å². The van der Waals surface area contributed by atoms with Gasteiger partial charge >= 0.3 is 6.03 Å². The van der Waals surface area contributed by atoms with Gasteiger partial charge in [0.1, 0.15) is 11.6 Å². The van der Waals surface area contributed by atoms with E-state index < -0.39 is 0 Å². The SMILES string of the molecule is Cc1nc(C)n(Cc2cccc(NC(=O)N[C@@H]3C=C[C@H](CO)C3)c2)n1. The standard InChI is InChI=1S/C18H23N5O2/c1-12-19-13(2)23(22-12)10-14-4-3-5-16(8-14)20-18(25)21-17-7-6-15(9-17)11-24/h3-8,15,17,24H,9-11H2,1-2H3,(H2,20,21,25)/t15-,17+/m0/s1. The van der Waals surface area contributed by atoms with E-state index in [9.17, 15) is 4.79 Å². The van der Waals surface area contributed by atoms with Gasteiger partial charge in [-0.2, -0.15) is 5.10 Å². The molecule has 0 unspecified atom stereocenters. The average molecular weight is 341 g/mol. The van der Waals surface area contributed by atoms with Crippen molar-refractivity contribution in [1.29, 1.82) is 0 Å². The maximum Gasteiger partial charge on any atom is 0.319 e. The van der Waals surface area contributed by atoms with Crippen molar-refractivity contribution in [3.63, 3.8) is 0 Å². The summed E-state index contributed by atoms with van der Waals surface area (Å²) in [6.07, 6.45) is 4.59. The number of rotatable bonds is 5. The number of aliphatic hydroxyl groups excluding tert-OH is 1. The number of hydrogen-bond acceptors (Lipinski definition) is 4. The molecule has 2 amide bonds. The van der Waals surface area contributed by atoms with E-state index in [1.54, 1.807) is 0 Å². The minimum atomic E-state index is -0.252. The van der Waals surface area contributed by atoms with Crippen molar-refractivity contribution in [2.45, 2.75) is 32.9 Å². The van der Waals surface area contributed by atoms with Crippen LogP contribution in [0.2, 0.25) is 0 Å². The highest BCUT2D eigenvalue weighted by Crippen LogP contribution is 2.17. The Balaban J connectivity index is 1.59. The first kappa shape index (κ1) is 17.2. The van der Waals surface area contributed by atoms with E-state index in [1.807, 2.05) is 54.9 Å². The maximum atomic E-state index is 12.1. The topological polar surface area (TPSA) is 92.1 Å². The lowest BCUT2D eigenvalue weighted by Crippen LogP contribution is -2.36. The Bertz CT molecular complexity index is 784. The Morgan fingerprint density at radius 2 is 2.20 bits per heavy atom. The van der Waals surface area contributed by atoms with E-state index in [-0.39, 0.29) is 24.6 Å². The summed E-state index contributed by atoms with van der Waals surface area (Å²) in [6, 6.07) is 7.38. The summed E-state index contributed by atoms with van der Waals surface area (Å²) in [5.74, 6) is 1.74. The molecule has 25 heavy (non-hydrogen) atoms. The first-order valence-corrected chi connectivity index (χ1v) is 8.37. The van der Waals surface area contributed by atoms with Gasteiger partial charge in [0.2, 0.25) is 0 Å². The third-order valence-electron chi connectivity index (χ3n) is 4.20. The molecule has 7 heteroatoms. The molecule has 3 N–H and O–H groups in total. The van der Waals surface area contributed by atoms with Gasteiger partial charge < -0.3 is 15.7 Å². The van der Waals surface area contributed by atoms with Gasteiger partial charge in [0.15, 0.2) is 0 Å². The monoisotopic (exact) mass is 341 g/mol. The van der Waals surface area contributed by atoms with Gasteiger partial charge in [0, 0.05) is 24.3 Å². The van der Waals surface area contributed by atoms with Gasteiger partial charge in [-0.15, -0.1) is 0 Å². The highest BCUT2D eigenvalue weighted by molar-refractivity contribution is 5.89. The number of aryl methyl sites for hydroxylation is 2. The highest BCUT2D eigenvalue weighted by atomic mass is 16.3. The number of urea groups is 1. The van der Waals surface area contributed by atoms with Crippen LogP contribution in [0.25, 0.3) is 0 Å². The van der Waals surface area contributed by atoms with Crippen LogP contribution in [0.4, 0.5) is 10.5 Å². The fourth-order valence-corrected chi connectivity index (χ4v) is 2.98. The molecule has 0 radical (unpaired) electrons. The van der Waals surface area contributed by atoms with Gasteiger partial charge in [-0.1, -0.05) is 24.3 Å². The highest BCUT2D eigenvalue weighted by Gasteiger charge is 2.19. The Morgan fingerprint density at radius 1 is 1.36 bits per heavy atom. The van der Waals surface area contributed by atoms with E-state index in [1.165, 1.54) is 0 Å². The van der Waals surface area contributed by atoms with Gasteiger partial charge in [0.25, 0.3) is 0 Å². The third kappa shape index (κ3) is 4.45. The molecule has 1 aliphatic carbocycles. The summed E-state index contributed by atoms with van der Waals surface area (Å²) in [6.45, 7) is 4.50. The van der Waals surface area contributed by atoms with Crippen molar-refractivity contribution in [1.82, 2.24) is 20.1 Å². The van der Waals surface area contributed by atoms with E-state index in [4.69, 9.17) is 5.11 Å². The molecule has 0 spiro atoms. The van der Waals surface area contributed by atoms with Crippen molar-refractivity contribution in [3.05, 3.63) is 53.6 Å². The Kier molecular flexibility index (Phi) is 5.14. The summed E-state index contributed by atoms with van der Waals surface area (Å²) < 4.78 is 1.84. The van der Waals surface area contributed by atoms with Gasteiger partial charge in [0.05, 0.1) is 6.54 Å². The van der Waals surface area contributed by atoms with Gasteiger partial charge in [-0.05, 0) is 38.0 Å². The summed E-state index contributed by atoms with van der Waals surface area (Å²) in [5, 5.41) is 19.2. The second-order valence-corrected chi connectivity index (χ2v) is 6.33. The summed E-state index contributed by atoms with van der Waals surface area (Å²) >= 11 is 0. The molecule has 132 valence electrons. The minimum absolute atomic E-state index is 0.0406. The second kappa shape index (κ2) is 7.48. The smallest absolute Gasteiger partial charge is 0.319 e. The van der Waals surface area contributed by atoms with E-state index in [0.717, 1.165) is 29.3 Å². The summed E-state index contributed by atoms with van der Waals surface area (Å²) in [5.41, 5.74) is 1.76. The zero-order valence-electron chi connectivity index (χ0n) is 14.4. The van der Waals surface area contributed by atoms with Crippen LogP contribution in [-0.2, 0) is 6.54 Å². The Morgan fingerprint density at radius 3 is 2.88 bits per heavy atom. The molecular weight excluding hydrogens is 318 g/mol. The quantitative estimate of drug-likeness (QED) is 0.725. The van der Waals surface area contributed by atoms with Crippen LogP contribution >= 0.6 is 0 Å². The second-order valence-electron chi connectivity index (χ2n) is 6.33. The lowest BCUT2D eigenvalue weighted by Gasteiger charge is -2.14. The lowest BCUT2D eigenvalue weighted by molar-refractivity contribution is 0.238. The number of benzene rings is 1. The van der Waals surface area contributed by atoms with Crippen molar-refractivity contribution < 1.29 is 9.90 Å². The number of nitrogens with zero attached hydrogens (tertiary/aromatic N) is 3. The van der Waals surface area contributed by atoms with Crippen molar-refractivity contribution in [3.8, 4) is 0 Å². The van der Waals surface area contributed by atoms with Crippen LogP contribution < -0.4 is 10.6 Å². The zero-order chi connectivity index (χ0) is 17.8. The number of aliphatic hydroxyl groups is 1. The largest absolute Gasteiger partial charge is 0.396 e. The number of amides is 2. The number of carbonyl (C=O) groups is 1. The van der Waals surface area contributed by atoms with Gasteiger partial charge in [-0.25, -0.2) is 14.5 Å². The molecule has 0 saturated carbocycles. The third-order valence-corrected chi connectivity index (χ3v) is 4.20. The van der Waals surface area contributed by atoms with Crippen molar-refractivity contribution in [2.24, 2.45) is 5.92 Å². The molecule has 2 aromatic rings. The molecular formula is C18H23N5O2. The molecule has 0 fully saturated rings. The molecule has 2 atom stereocenters. The number of aromatic nitrogens is 3. The Labute approximate surface area is 146 Å². The molecule has 7 nitrogen and oxygen atoms in total. The van der Waals surface area contributed by atoms with Crippen LogP contribution in [0.5, 0.6) is 0 Å². The molecule has 0 saturated heterocycles. The normalized spacial score (nSPS) is 19.2. The van der Waals surface area contributed by atoms with E-state index in [0.29, 0.717) is 6.54 Å². The zero-order valence-corrected chi connectivity index (χ0v) is 14.4. The van der Waals surface area contributed by atoms with Gasteiger partial charge in [-0.3, -0.25) is 0 Å². The van der Waals surface area contributed by atoms with Crippen LogP contribution in [0.15, 0.2) is 36.4 Å². The van der Waals surface area contributed by atoms with E-state index >= 15 is 0 Å². The predicted molar refractivity (Wildman–Crippen MR) is 95.3 cm³/mol. The summed E-state index contributed by atoms with van der Waals surface area (Å²) in [7, 11) is 0. The minimum Gasteiger partial charge on any atom is -0.396 e. The lowest BCUT2D eigenvalue weighted by atomic mass is 10.1. The van der Waals surface area contributed by atoms with Crippen LogP contribution in [-0.4, -0.2) is 38.6 Å². The predicted octanol–water partition coefficient (Wildman–Crippen LogP) is 2.00. The number of nitrogens with one attached hydrogen (secondary N) is 2. The molecule has 1 aromatic carbocycles. The molecule has 1 aliphatic rings. The summed E-state index contributed by atoms with van der Waals surface area (Å²) in [4.78, 5) is 16.4. The fourth-order valence-electron chi connectivity index (χ4n) is 2.98. The number of anilines is 1. The first-order valence-electron chi connectivity index (χ1n) is 8.37. The number of carbonyl (C=O) groups excluding carboxylic acids is 1. The fraction of sp³-hybridized carbons (Fsp3) is 0.389. The van der Waals surface area contributed by atoms with Crippen molar-refractivity contribution in [2.75, 3.05) is 11.9 Å². The number of hydrogen-bond donors (Lipinski definition) is 3. The average Bonchev–Trinajstić information content (AvgIpc) is 3.14. The van der Waals surface area contributed by atoms with Crippen LogP contribution in [0.1, 0.15) is 23.6 Å². The molecule has 1 heterocycles.